The number of likely N-dealkylation sites (tertiary alicyclic amines) is 1. The van der Waals surface area contributed by atoms with Crippen molar-refractivity contribution in [3.05, 3.63) is 12.7 Å². The lowest BCUT2D eigenvalue weighted by Crippen LogP contribution is -2.40. The summed E-state index contributed by atoms with van der Waals surface area (Å²) < 4.78 is 4.95. The molecular weight excluding hydrogens is 222 g/mol. The van der Waals surface area contributed by atoms with E-state index in [2.05, 4.69) is 6.58 Å². The Morgan fingerprint density at radius 2 is 2.12 bits per heavy atom. The Hall–Kier alpha value is -1.52. The Bertz CT molecular complexity index is 344. The number of carboxylic acid groups (broad SMARTS) is 1. The van der Waals surface area contributed by atoms with E-state index >= 15 is 0 Å². The maximum Gasteiger partial charge on any atom is 0.410 e. The van der Waals surface area contributed by atoms with Crippen LogP contribution in [0.3, 0.4) is 0 Å². The van der Waals surface area contributed by atoms with E-state index in [-0.39, 0.29) is 24.0 Å². The molecule has 0 radical (unpaired) electrons. The lowest BCUT2D eigenvalue weighted by atomic mass is 9.91. The minimum absolute atomic E-state index is 0.0406. The molecule has 1 spiro atoms. The summed E-state index contributed by atoms with van der Waals surface area (Å²) in [5.41, 5.74) is -0.0406. The maximum absolute atomic E-state index is 11.5. The van der Waals surface area contributed by atoms with Crippen molar-refractivity contribution in [2.24, 2.45) is 11.3 Å². The molecule has 1 saturated heterocycles. The first kappa shape index (κ1) is 12.0. The first-order valence-corrected chi connectivity index (χ1v) is 5.84. The Kier molecular flexibility index (Phi) is 3.09. The number of rotatable bonds is 3. The van der Waals surface area contributed by atoms with E-state index in [4.69, 9.17) is 9.84 Å². The number of piperidine rings is 1. The fourth-order valence-electron chi connectivity index (χ4n) is 2.61. The molecule has 1 unspecified atom stereocenters. The van der Waals surface area contributed by atoms with Crippen LogP contribution < -0.4 is 0 Å². The smallest absolute Gasteiger partial charge is 0.410 e. The van der Waals surface area contributed by atoms with Crippen LogP contribution in [0.5, 0.6) is 0 Å². The summed E-state index contributed by atoms with van der Waals surface area (Å²) in [6.45, 7) is 4.89. The van der Waals surface area contributed by atoms with Gasteiger partial charge in [0.15, 0.2) is 0 Å². The molecule has 1 atom stereocenters. The zero-order chi connectivity index (χ0) is 12.5. The molecule has 5 nitrogen and oxygen atoms in total. The van der Waals surface area contributed by atoms with Crippen LogP contribution >= 0.6 is 0 Å². The van der Waals surface area contributed by atoms with E-state index in [1.807, 2.05) is 0 Å². The van der Waals surface area contributed by atoms with Crippen LogP contribution in [0.1, 0.15) is 19.3 Å². The third-order valence-electron chi connectivity index (χ3n) is 3.83. The van der Waals surface area contributed by atoms with Gasteiger partial charge in [-0.15, -0.1) is 0 Å². The first-order valence-electron chi connectivity index (χ1n) is 5.84. The summed E-state index contributed by atoms with van der Waals surface area (Å²) in [6, 6.07) is 0. The number of carbonyl (C=O) groups is 2. The van der Waals surface area contributed by atoms with Gasteiger partial charge < -0.3 is 14.7 Å². The van der Waals surface area contributed by atoms with E-state index in [1.165, 1.54) is 6.08 Å². The summed E-state index contributed by atoms with van der Waals surface area (Å²) in [6.07, 6.45) is 3.51. The van der Waals surface area contributed by atoms with Crippen molar-refractivity contribution in [2.45, 2.75) is 19.3 Å². The van der Waals surface area contributed by atoms with Gasteiger partial charge in [-0.2, -0.15) is 0 Å². The molecule has 5 heteroatoms. The number of nitrogens with zero attached hydrogens (tertiary/aromatic N) is 1. The zero-order valence-corrected chi connectivity index (χ0v) is 9.72. The maximum atomic E-state index is 11.5. The molecule has 0 aromatic carbocycles. The average Bonchev–Trinajstić information content (AvgIpc) is 3.01. The Balaban J connectivity index is 1.81. The van der Waals surface area contributed by atoms with Gasteiger partial charge >= 0.3 is 12.1 Å². The highest BCUT2D eigenvalue weighted by Gasteiger charge is 2.59. The fourth-order valence-corrected chi connectivity index (χ4v) is 2.61. The second-order valence-electron chi connectivity index (χ2n) is 4.81. The van der Waals surface area contributed by atoms with E-state index in [9.17, 15) is 9.59 Å². The van der Waals surface area contributed by atoms with Gasteiger partial charge in [-0.3, -0.25) is 4.79 Å². The third-order valence-corrected chi connectivity index (χ3v) is 3.83. The Morgan fingerprint density at radius 3 is 2.59 bits per heavy atom. The van der Waals surface area contributed by atoms with Crippen molar-refractivity contribution in [2.75, 3.05) is 19.7 Å². The largest absolute Gasteiger partial charge is 0.481 e. The number of carbonyl (C=O) groups excluding carboxylic acids is 1. The molecule has 2 fully saturated rings. The predicted molar refractivity (Wildman–Crippen MR) is 60.5 cm³/mol. The molecule has 17 heavy (non-hydrogen) atoms. The molecular formula is C12H17NO4. The van der Waals surface area contributed by atoms with Gasteiger partial charge in [0.2, 0.25) is 0 Å². The van der Waals surface area contributed by atoms with Gasteiger partial charge in [-0.25, -0.2) is 4.79 Å². The van der Waals surface area contributed by atoms with Crippen LogP contribution in [-0.2, 0) is 9.53 Å². The third kappa shape index (κ3) is 2.28. The molecule has 2 rings (SSSR count). The minimum atomic E-state index is -0.701. The van der Waals surface area contributed by atoms with Crippen molar-refractivity contribution >= 4 is 12.1 Å². The summed E-state index contributed by atoms with van der Waals surface area (Å²) >= 11 is 0. The van der Waals surface area contributed by atoms with Crippen molar-refractivity contribution in [3.8, 4) is 0 Å². The summed E-state index contributed by atoms with van der Waals surface area (Å²) in [5, 5.41) is 8.95. The predicted octanol–water partition coefficient (Wildman–Crippen LogP) is 1.50. The summed E-state index contributed by atoms with van der Waals surface area (Å²) in [5.74, 6) is -0.901. The van der Waals surface area contributed by atoms with E-state index in [0.29, 0.717) is 13.1 Å². The molecule has 94 valence electrons. The van der Waals surface area contributed by atoms with E-state index in [0.717, 1.165) is 19.3 Å². The van der Waals surface area contributed by atoms with Crippen molar-refractivity contribution in [1.29, 1.82) is 0 Å². The monoisotopic (exact) mass is 239 g/mol. The Labute approximate surface area is 100 Å². The van der Waals surface area contributed by atoms with Crippen LogP contribution in [0.2, 0.25) is 0 Å². The standard InChI is InChI=1S/C12H17NO4/c1-2-7-17-11(16)13-5-3-12(4-6-13)8-9(12)10(14)15/h2,9H,1,3-8H2,(H,14,15). The van der Waals surface area contributed by atoms with E-state index in [1.54, 1.807) is 4.90 Å². The number of carboxylic acids is 1. The van der Waals surface area contributed by atoms with Gasteiger partial charge in [-0.05, 0) is 24.7 Å². The van der Waals surface area contributed by atoms with Gasteiger partial charge in [0.25, 0.3) is 0 Å². The molecule has 2 aliphatic rings. The number of hydrogen-bond acceptors (Lipinski definition) is 3. The van der Waals surface area contributed by atoms with Gasteiger partial charge in [0.05, 0.1) is 5.92 Å². The lowest BCUT2D eigenvalue weighted by Gasteiger charge is -2.31. The molecule has 1 amide bonds. The quantitative estimate of drug-likeness (QED) is 0.758. The highest BCUT2D eigenvalue weighted by Crippen LogP contribution is 2.59. The van der Waals surface area contributed by atoms with Crippen LogP contribution in [0.4, 0.5) is 4.79 Å². The second kappa shape index (κ2) is 4.39. The Morgan fingerprint density at radius 1 is 1.47 bits per heavy atom. The molecule has 0 bridgehead atoms. The second-order valence-corrected chi connectivity index (χ2v) is 4.81. The first-order chi connectivity index (χ1) is 8.09. The van der Waals surface area contributed by atoms with Crippen molar-refractivity contribution in [3.63, 3.8) is 0 Å². The van der Waals surface area contributed by atoms with Crippen LogP contribution in [0.15, 0.2) is 12.7 Å². The molecule has 1 aliphatic carbocycles. The zero-order valence-electron chi connectivity index (χ0n) is 9.72. The highest BCUT2D eigenvalue weighted by molar-refractivity contribution is 5.75. The van der Waals surface area contributed by atoms with Crippen LogP contribution in [0.25, 0.3) is 0 Å². The normalized spacial score (nSPS) is 25.4. The number of ether oxygens (including phenoxy) is 1. The highest BCUT2D eigenvalue weighted by atomic mass is 16.6. The van der Waals surface area contributed by atoms with Crippen LogP contribution in [-0.4, -0.2) is 41.8 Å². The summed E-state index contributed by atoms with van der Waals surface area (Å²) in [4.78, 5) is 24.1. The van der Waals surface area contributed by atoms with Crippen LogP contribution in [0, 0.1) is 11.3 Å². The molecule has 1 aliphatic heterocycles. The number of aliphatic carboxylic acids is 1. The molecule has 0 aromatic heterocycles. The van der Waals surface area contributed by atoms with E-state index < -0.39 is 5.97 Å². The SMILES string of the molecule is C=CCOC(=O)N1CCC2(CC1)CC2C(=O)O. The molecule has 0 aromatic rings. The number of amides is 1. The number of hydrogen-bond donors (Lipinski definition) is 1. The topological polar surface area (TPSA) is 66.8 Å². The molecule has 1 saturated carbocycles. The average molecular weight is 239 g/mol. The minimum Gasteiger partial charge on any atom is -0.481 e. The summed E-state index contributed by atoms with van der Waals surface area (Å²) in [7, 11) is 0. The lowest BCUT2D eigenvalue weighted by molar-refractivity contribution is -0.139. The van der Waals surface area contributed by atoms with Crippen molar-refractivity contribution in [1.82, 2.24) is 4.90 Å². The van der Waals surface area contributed by atoms with Crippen molar-refractivity contribution < 1.29 is 19.4 Å². The molecule has 1 heterocycles. The van der Waals surface area contributed by atoms with Gasteiger partial charge in [0.1, 0.15) is 6.61 Å². The molecule has 1 N–H and O–H groups in total. The van der Waals surface area contributed by atoms with Gasteiger partial charge in [0, 0.05) is 13.1 Å². The fraction of sp³-hybridized carbons (Fsp3) is 0.667. The van der Waals surface area contributed by atoms with Gasteiger partial charge in [-0.1, -0.05) is 12.7 Å².